The minimum absolute atomic E-state index is 0.127. The first-order chi connectivity index (χ1) is 7.30. The number of benzene rings is 1. The minimum Gasteiger partial charge on any atom is -0.497 e. The summed E-state index contributed by atoms with van der Waals surface area (Å²) in [5.41, 5.74) is 3.90. The maximum absolute atomic E-state index is 5.42. The van der Waals surface area contributed by atoms with E-state index in [9.17, 15) is 0 Å². The summed E-state index contributed by atoms with van der Waals surface area (Å²) in [6.07, 6.45) is 0.821. The lowest BCUT2D eigenvalue weighted by atomic mass is 10.1. The van der Waals surface area contributed by atoms with Crippen molar-refractivity contribution in [1.29, 1.82) is 0 Å². The molecule has 0 fully saturated rings. The Morgan fingerprint density at radius 2 is 2.20 bits per heavy atom. The Kier molecular flexibility index (Phi) is 5.10. The van der Waals surface area contributed by atoms with Crippen LogP contribution < -0.4 is 16.0 Å². The summed E-state index contributed by atoms with van der Waals surface area (Å²) in [6, 6.07) is 8.06. The molecule has 1 atom stereocenters. The zero-order chi connectivity index (χ0) is 11.1. The SMILES string of the molecule is COCC(Cc1cccc(OC)c1)NN. The molecular formula is C11H18N2O2. The minimum atomic E-state index is 0.127. The van der Waals surface area contributed by atoms with Crippen molar-refractivity contribution < 1.29 is 9.47 Å². The average molecular weight is 210 g/mol. The second-order valence-electron chi connectivity index (χ2n) is 3.37. The van der Waals surface area contributed by atoms with Crippen LogP contribution in [0.1, 0.15) is 5.56 Å². The first kappa shape index (κ1) is 12.0. The number of hydrogen-bond donors (Lipinski definition) is 2. The Balaban J connectivity index is 2.61. The van der Waals surface area contributed by atoms with Crippen LogP contribution in [-0.2, 0) is 11.2 Å². The van der Waals surface area contributed by atoms with Crippen LogP contribution in [-0.4, -0.2) is 26.9 Å². The van der Waals surface area contributed by atoms with Crippen LogP contribution in [0.5, 0.6) is 5.75 Å². The molecule has 0 aliphatic carbocycles. The summed E-state index contributed by atoms with van der Waals surface area (Å²) in [5.74, 6) is 6.28. The van der Waals surface area contributed by atoms with E-state index in [1.165, 1.54) is 5.56 Å². The Morgan fingerprint density at radius 3 is 2.80 bits per heavy atom. The molecule has 0 aromatic heterocycles. The van der Waals surface area contributed by atoms with Crippen molar-refractivity contribution in [3.63, 3.8) is 0 Å². The first-order valence-electron chi connectivity index (χ1n) is 4.88. The summed E-state index contributed by atoms with van der Waals surface area (Å²) >= 11 is 0. The van der Waals surface area contributed by atoms with Gasteiger partial charge in [-0.05, 0) is 24.1 Å². The first-order valence-corrected chi connectivity index (χ1v) is 4.88. The number of hydrazine groups is 1. The average Bonchev–Trinajstić information content (AvgIpc) is 2.29. The van der Waals surface area contributed by atoms with Gasteiger partial charge in [0.2, 0.25) is 0 Å². The van der Waals surface area contributed by atoms with Crippen LogP contribution in [0.25, 0.3) is 0 Å². The summed E-state index contributed by atoms with van der Waals surface area (Å²) in [4.78, 5) is 0. The third-order valence-corrected chi connectivity index (χ3v) is 2.22. The number of rotatable bonds is 6. The Bertz CT molecular complexity index is 292. The molecule has 0 aliphatic heterocycles. The maximum atomic E-state index is 5.42. The van der Waals surface area contributed by atoms with Crippen molar-refractivity contribution in [3.05, 3.63) is 29.8 Å². The van der Waals surface area contributed by atoms with Gasteiger partial charge in [0.25, 0.3) is 0 Å². The molecule has 0 heterocycles. The van der Waals surface area contributed by atoms with Crippen LogP contribution in [0.15, 0.2) is 24.3 Å². The summed E-state index contributed by atoms with van der Waals surface area (Å²) in [6.45, 7) is 0.591. The fourth-order valence-corrected chi connectivity index (χ4v) is 1.45. The largest absolute Gasteiger partial charge is 0.497 e. The molecule has 3 N–H and O–H groups in total. The fourth-order valence-electron chi connectivity index (χ4n) is 1.45. The monoisotopic (exact) mass is 210 g/mol. The second-order valence-corrected chi connectivity index (χ2v) is 3.37. The molecule has 84 valence electrons. The molecule has 4 nitrogen and oxygen atoms in total. The van der Waals surface area contributed by atoms with E-state index in [1.807, 2.05) is 24.3 Å². The smallest absolute Gasteiger partial charge is 0.119 e. The molecule has 15 heavy (non-hydrogen) atoms. The molecule has 0 spiro atoms. The molecule has 0 aliphatic rings. The van der Waals surface area contributed by atoms with Gasteiger partial charge < -0.3 is 9.47 Å². The van der Waals surface area contributed by atoms with Gasteiger partial charge in [0.1, 0.15) is 5.75 Å². The van der Waals surface area contributed by atoms with E-state index < -0.39 is 0 Å². The van der Waals surface area contributed by atoms with E-state index in [2.05, 4.69) is 5.43 Å². The van der Waals surface area contributed by atoms with Gasteiger partial charge >= 0.3 is 0 Å². The highest BCUT2D eigenvalue weighted by Crippen LogP contribution is 2.13. The molecule has 0 radical (unpaired) electrons. The molecule has 0 saturated carbocycles. The summed E-state index contributed by atoms with van der Waals surface area (Å²) in [5, 5.41) is 0. The van der Waals surface area contributed by atoms with Crippen molar-refractivity contribution in [2.75, 3.05) is 20.8 Å². The molecule has 0 amide bonds. The van der Waals surface area contributed by atoms with E-state index >= 15 is 0 Å². The van der Waals surface area contributed by atoms with Crippen molar-refractivity contribution in [1.82, 2.24) is 5.43 Å². The third-order valence-electron chi connectivity index (χ3n) is 2.22. The van der Waals surface area contributed by atoms with Gasteiger partial charge in [-0.1, -0.05) is 12.1 Å². The number of nitrogens with two attached hydrogens (primary N) is 1. The number of ether oxygens (including phenoxy) is 2. The van der Waals surface area contributed by atoms with E-state index in [0.717, 1.165) is 12.2 Å². The molecule has 1 rings (SSSR count). The van der Waals surface area contributed by atoms with Crippen LogP contribution in [0.2, 0.25) is 0 Å². The zero-order valence-corrected chi connectivity index (χ0v) is 9.19. The molecule has 1 aromatic rings. The van der Waals surface area contributed by atoms with Crippen molar-refractivity contribution in [2.45, 2.75) is 12.5 Å². The fraction of sp³-hybridized carbons (Fsp3) is 0.455. The predicted molar refractivity (Wildman–Crippen MR) is 59.7 cm³/mol. The molecule has 4 heteroatoms. The normalized spacial score (nSPS) is 12.5. The number of methoxy groups -OCH3 is 2. The zero-order valence-electron chi connectivity index (χ0n) is 9.19. The van der Waals surface area contributed by atoms with Gasteiger partial charge in [0.15, 0.2) is 0 Å². The lowest BCUT2D eigenvalue weighted by Gasteiger charge is -2.15. The van der Waals surface area contributed by atoms with E-state index in [-0.39, 0.29) is 6.04 Å². The van der Waals surface area contributed by atoms with E-state index in [1.54, 1.807) is 14.2 Å². The second kappa shape index (κ2) is 6.40. The van der Waals surface area contributed by atoms with Crippen molar-refractivity contribution >= 4 is 0 Å². The van der Waals surface area contributed by atoms with Crippen molar-refractivity contribution in [2.24, 2.45) is 5.84 Å². The maximum Gasteiger partial charge on any atom is 0.119 e. The molecule has 0 saturated heterocycles. The highest BCUT2D eigenvalue weighted by molar-refractivity contribution is 5.28. The third kappa shape index (κ3) is 3.87. The summed E-state index contributed by atoms with van der Waals surface area (Å²) in [7, 11) is 3.32. The lowest BCUT2D eigenvalue weighted by Crippen LogP contribution is -2.40. The van der Waals surface area contributed by atoms with Gasteiger partial charge in [-0.25, -0.2) is 0 Å². The predicted octanol–water partition coefficient (Wildman–Crippen LogP) is 0.716. The van der Waals surface area contributed by atoms with Crippen molar-refractivity contribution in [3.8, 4) is 5.75 Å². The van der Waals surface area contributed by atoms with Gasteiger partial charge in [0, 0.05) is 13.2 Å². The van der Waals surface area contributed by atoms with E-state index in [4.69, 9.17) is 15.3 Å². The molecular weight excluding hydrogens is 192 g/mol. The highest BCUT2D eigenvalue weighted by Gasteiger charge is 2.07. The van der Waals surface area contributed by atoms with Crippen LogP contribution in [0.3, 0.4) is 0 Å². The van der Waals surface area contributed by atoms with Crippen LogP contribution in [0.4, 0.5) is 0 Å². The molecule has 1 unspecified atom stereocenters. The standard InChI is InChI=1S/C11H18N2O2/c1-14-8-10(13-12)6-9-4-3-5-11(7-9)15-2/h3-5,7,10,13H,6,8,12H2,1-2H3. The van der Waals surface area contributed by atoms with Gasteiger partial charge in [0.05, 0.1) is 13.7 Å². The van der Waals surface area contributed by atoms with Gasteiger partial charge in [-0.15, -0.1) is 0 Å². The van der Waals surface area contributed by atoms with E-state index in [0.29, 0.717) is 6.61 Å². The summed E-state index contributed by atoms with van der Waals surface area (Å²) < 4.78 is 10.2. The quantitative estimate of drug-likeness (QED) is 0.536. The van der Waals surface area contributed by atoms with Crippen LogP contribution in [0, 0.1) is 0 Å². The number of nitrogens with one attached hydrogen (secondary N) is 1. The van der Waals surface area contributed by atoms with Gasteiger partial charge in [-0.2, -0.15) is 0 Å². The Labute approximate surface area is 90.3 Å². The Hall–Kier alpha value is -1.10. The number of hydrogen-bond acceptors (Lipinski definition) is 4. The molecule has 0 bridgehead atoms. The Morgan fingerprint density at radius 1 is 1.40 bits per heavy atom. The highest BCUT2D eigenvalue weighted by atomic mass is 16.5. The van der Waals surface area contributed by atoms with Gasteiger partial charge in [-0.3, -0.25) is 11.3 Å². The van der Waals surface area contributed by atoms with Crippen LogP contribution >= 0.6 is 0 Å². The topological polar surface area (TPSA) is 56.5 Å². The molecule has 1 aromatic carbocycles. The lowest BCUT2D eigenvalue weighted by molar-refractivity contribution is 0.166.